The van der Waals surface area contributed by atoms with E-state index in [1.807, 2.05) is 6.92 Å². The molecule has 0 amide bonds. The topological polar surface area (TPSA) is 33.5 Å². The number of hydrogen-bond donors (Lipinski definition) is 0. The third-order valence-electron chi connectivity index (χ3n) is 3.00. The second-order valence-electron chi connectivity index (χ2n) is 4.49. The highest BCUT2D eigenvalue weighted by Gasteiger charge is 2.20. The van der Waals surface area contributed by atoms with E-state index in [0.29, 0.717) is 0 Å². The Morgan fingerprint density at radius 3 is 2.33 bits per heavy atom. The molecule has 0 aromatic rings. The lowest BCUT2D eigenvalue weighted by atomic mass is 10.2. The molecular formula is C11H22N4. The first-order valence-electron chi connectivity index (χ1n) is 5.64. The molecule has 0 radical (unpaired) electrons. The monoisotopic (exact) mass is 210 g/mol. The molecule has 0 saturated carbocycles. The molecule has 0 spiro atoms. The van der Waals surface area contributed by atoms with Crippen molar-refractivity contribution >= 4 is 0 Å². The van der Waals surface area contributed by atoms with E-state index < -0.39 is 0 Å². The lowest BCUT2D eigenvalue weighted by Crippen LogP contribution is -2.50. The summed E-state index contributed by atoms with van der Waals surface area (Å²) in [7, 11) is 4.21. The van der Waals surface area contributed by atoms with Crippen molar-refractivity contribution < 1.29 is 0 Å². The second-order valence-corrected chi connectivity index (χ2v) is 4.49. The van der Waals surface area contributed by atoms with Gasteiger partial charge in [-0.2, -0.15) is 5.26 Å². The van der Waals surface area contributed by atoms with Gasteiger partial charge in [-0.25, -0.2) is 0 Å². The quantitative estimate of drug-likeness (QED) is 0.658. The minimum Gasteiger partial charge on any atom is -0.308 e. The SMILES string of the molecule is CC(C#N)N1CCN(CCN(C)C)CC1. The fourth-order valence-electron chi connectivity index (χ4n) is 1.80. The van der Waals surface area contributed by atoms with E-state index in [0.717, 1.165) is 39.3 Å². The van der Waals surface area contributed by atoms with Gasteiger partial charge in [-0.15, -0.1) is 0 Å². The highest BCUT2D eigenvalue weighted by molar-refractivity contribution is 4.90. The van der Waals surface area contributed by atoms with Crippen molar-refractivity contribution in [1.82, 2.24) is 14.7 Å². The zero-order chi connectivity index (χ0) is 11.3. The van der Waals surface area contributed by atoms with Crippen LogP contribution in [0.25, 0.3) is 0 Å². The van der Waals surface area contributed by atoms with E-state index in [-0.39, 0.29) is 6.04 Å². The second kappa shape index (κ2) is 6.06. The fourth-order valence-corrected chi connectivity index (χ4v) is 1.80. The molecule has 1 unspecified atom stereocenters. The number of piperazine rings is 1. The van der Waals surface area contributed by atoms with Gasteiger partial charge in [-0.1, -0.05) is 0 Å². The van der Waals surface area contributed by atoms with Crippen molar-refractivity contribution in [3.63, 3.8) is 0 Å². The minimum absolute atomic E-state index is 0.0704. The first-order valence-corrected chi connectivity index (χ1v) is 5.64. The molecule has 1 atom stereocenters. The predicted octanol–water partition coefficient (Wildman–Crippen LogP) is 0.0777. The van der Waals surface area contributed by atoms with Gasteiger partial charge in [0.15, 0.2) is 0 Å². The van der Waals surface area contributed by atoms with Crippen LogP contribution >= 0.6 is 0 Å². The van der Waals surface area contributed by atoms with Gasteiger partial charge >= 0.3 is 0 Å². The Labute approximate surface area is 93.1 Å². The number of hydrogen-bond acceptors (Lipinski definition) is 4. The molecule has 0 aromatic heterocycles. The zero-order valence-corrected chi connectivity index (χ0v) is 10.1. The highest BCUT2D eigenvalue weighted by atomic mass is 15.3. The van der Waals surface area contributed by atoms with E-state index in [1.54, 1.807) is 0 Å². The number of likely N-dealkylation sites (N-methyl/N-ethyl adjacent to an activating group) is 1. The normalized spacial score (nSPS) is 21.5. The lowest BCUT2D eigenvalue weighted by Gasteiger charge is -2.36. The third kappa shape index (κ3) is 4.17. The molecule has 0 N–H and O–H groups in total. The van der Waals surface area contributed by atoms with Crippen LogP contribution in [0.5, 0.6) is 0 Å². The molecule has 15 heavy (non-hydrogen) atoms. The van der Waals surface area contributed by atoms with Crippen LogP contribution in [0.15, 0.2) is 0 Å². The number of nitrogens with zero attached hydrogens (tertiary/aromatic N) is 4. The van der Waals surface area contributed by atoms with E-state index in [1.165, 1.54) is 0 Å². The summed E-state index contributed by atoms with van der Waals surface area (Å²) in [6.07, 6.45) is 0. The summed E-state index contributed by atoms with van der Waals surface area (Å²) in [6.45, 7) is 8.50. The Kier molecular flexibility index (Phi) is 5.03. The van der Waals surface area contributed by atoms with Crippen LogP contribution in [0.3, 0.4) is 0 Å². The molecule has 4 heteroatoms. The number of rotatable bonds is 4. The summed E-state index contributed by atoms with van der Waals surface area (Å²) >= 11 is 0. The molecule has 1 fully saturated rings. The molecule has 4 nitrogen and oxygen atoms in total. The van der Waals surface area contributed by atoms with E-state index >= 15 is 0 Å². The zero-order valence-electron chi connectivity index (χ0n) is 10.1. The van der Waals surface area contributed by atoms with Crippen LogP contribution in [-0.2, 0) is 0 Å². The Balaban J connectivity index is 2.21. The summed E-state index contributed by atoms with van der Waals surface area (Å²) in [5.41, 5.74) is 0. The summed E-state index contributed by atoms with van der Waals surface area (Å²) in [6, 6.07) is 2.37. The van der Waals surface area contributed by atoms with E-state index in [2.05, 4.69) is 34.9 Å². The van der Waals surface area contributed by atoms with Crippen molar-refractivity contribution in [2.24, 2.45) is 0 Å². The Bertz CT molecular complexity index is 213. The van der Waals surface area contributed by atoms with Gasteiger partial charge in [0.25, 0.3) is 0 Å². The van der Waals surface area contributed by atoms with Crippen LogP contribution in [0.4, 0.5) is 0 Å². The minimum atomic E-state index is 0.0704. The van der Waals surface area contributed by atoms with E-state index in [4.69, 9.17) is 5.26 Å². The first kappa shape index (κ1) is 12.4. The number of nitriles is 1. The first-order chi connectivity index (χ1) is 7.13. The Morgan fingerprint density at radius 2 is 1.87 bits per heavy atom. The van der Waals surface area contributed by atoms with Crippen LogP contribution in [0.1, 0.15) is 6.92 Å². The van der Waals surface area contributed by atoms with Gasteiger partial charge in [0, 0.05) is 39.3 Å². The molecule has 1 saturated heterocycles. The van der Waals surface area contributed by atoms with Crippen LogP contribution in [0.2, 0.25) is 0 Å². The maximum Gasteiger partial charge on any atom is 0.0950 e. The van der Waals surface area contributed by atoms with Gasteiger partial charge in [-0.05, 0) is 21.0 Å². The predicted molar refractivity (Wildman–Crippen MR) is 61.6 cm³/mol. The molecule has 1 aliphatic heterocycles. The summed E-state index contributed by atoms with van der Waals surface area (Å²) in [5.74, 6) is 0. The molecule has 0 aromatic carbocycles. The molecule has 1 heterocycles. The molecule has 0 bridgehead atoms. The van der Waals surface area contributed by atoms with Gasteiger partial charge < -0.3 is 4.90 Å². The van der Waals surface area contributed by atoms with Crippen LogP contribution < -0.4 is 0 Å². The van der Waals surface area contributed by atoms with Crippen LogP contribution in [-0.4, -0.2) is 74.1 Å². The maximum atomic E-state index is 8.82. The molecule has 1 rings (SSSR count). The van der Waals surface area contributed by atoms with Crippen molar-refractivity contribution in [1.29, 1.82) is 5.26 Å². The van der Waals surface area contributed by atoms with Crippen LogP contribution in [0, 0.1) is 11.3 Å². The average Bonchev–Trinajstić information content (AvgIpc) is 2.26. The van der Waals surface area contributed by atoms with Gasteiger partial charge in [-0.3, -0.25) is 9.80 Å². The molecule has 86 valence electrons. The van der Waals surface area contributed by atoms with Crippen molar-refractivity contribution in [2.75, 3.05) is 53.4 Å². The highest BCUT2D eigenvalue weighted by Crippen LogP contribution is 2.05. The summed E-state index contributed by atoms with van der Waals surface area (Å²) in [4.78, 5) is 6.94. The smallest absolute Gasteiger partial charge is 0.0950 e. The lowest BCUT2D eigenvalue weighted by molar-refractivity contribution is 0.113. The van der Waals surface area contributed by atoms with Crippen molar-refractivity contribution in [3.05, 3.63) is 0 Å². The third-order valence-corrected chi connectivity index (χ3v) is 3.00. The molecule has 1 aliphatic rings. The van der Waals surface area contributed by atoms with Gasteiger partial charge in [0.1, 0.15) is 0 Å². The molecular weight excluding hydrogens is 188 g/mol. The standard InChI is InChI=1S/C11H22N4/c1-11(10-12)15-8-6-14(7-9-15)5-4-13(2)3/h11H,4-9H2,1-3H3. The molecule has 0 aliphatic carbocycles. The van der Waals surface area contributed by atoms with Gasteiger partial charge in [0.2, 0.25) is 0 Å². The average molecular weight is 210 g/mol. The largest absolute Gasteiger partial charge is 0.308 e. The summed E-state index contributed by atoms with van der Waals surface area (Å²) in [5, 5.41) is 8.82. The Hall–Kier alpha value is -0.630. The van der Waals surface area contributed by atoms with Gasteiger partial charge in [0.05, 0.1) is 12.1 Å². The maximum absolute atomic E-state index is 8.82. The van der Waals surface area contributed by atoms with Crippen molar-refractivity contribution in [3.8, 4) is 6.07 Å². The fraction of sp³-hybridized carbons (Fsp3) is 0.909. The Morgan fingerprint density at radius 1 is 1.27 bits per heavy atom. The summed E-state index contributed by atoms with van der Waals surface area (Å²) < 4.78 is 0. The van der Waals surface area contributed by atoms with Crippen molar-refractivity contribution in [2.45, 2.75) is 13.0 Å². The van der Waals surface area contributed by atoms with E-state index in [9.17, 15) is 0 Å².